The zero-order valence-corrected chi connectivity index (χ0v) is 10.5. The van der Waals surface area contributed by atoms with E-state index in [1.54, 1.807) is 22.8 Å². The normalized spacial score (nSPS) is 11.9. The predicted octanol–water partition coefficient (Wildman–Crippen LogP) is 2.30. The lowest BCUT2D eigenvalue weighted by Crippen LogP contribution is -2.20. The fourth-order valence-electron chi connectivity index (χ4n) is 2.69. The Morgan fingerprint density at radius 1 is 1.20 bits per heavy atom. The van der Waals surface area contributed by atoms with Gasteiger partial charge in [-0.15, -0.1) is 0 Å². The van der Waals surface area contributed by atoms with Crippen molar-refractivity contribution in [2.75, 3.05) is 0 Å². The maximum Gasteiger partial charge on any atom is 0.261 e. The van der Waals surface area contributed by atoms with Gasteiger partial charge in [-0.25, -0.2) is 4.98 Å². The maximum absolute atomic E-state index is 12.5. The van der Waals surface area contributed by atoms with Gasteiger partial charge in [-0.05, 0) is 23.8 Å². The summed E-state index contributed by atoms with van der Waals surface area (Å²) in [7, 11) is 0. The molecule has 3 aromatic rings. The van der Waals surface area contributed by atoms with E-state index in [2.05, 4.69) is 11.1 Å². The number of rotatable bonds is 0. The van der Waals surface area contributed by atoms with E-state index in [1.165, 1.54) is 0 Å². The van der Waals surface area contributed by atoms with Crippen LogP contribution in [-0.2, 0) is 6.54 Å². The van der Waals surface area contributed by atoms with Crippen LogP contribution in [0.15, 0.2) is 47.3 Å². The van der Waals surface area contributed by atoms with Crippen molar-refractivity contribution in [1.29, 1.82) is 5.26 Å². The van der Waals surface area contributed by atoms with E-state index < -0.39 is 0 Å². The number of nitrogens with zero attached hydrogens (tertiary/aromatic N) is 3. The Labute approximate surface area is 114 Å². The molecular weight excluding hydrogens is 250 g/mol. The molecule has 2 heterocycles. The van der Waals surface area contributed by atoms with Crippen molar-refractivity contribution >= 4 is 10.9 Å². The largest absolute Gasteiger partial charge is 0.288 e. The molecule has 0 aliphatic carbocycles. The third-order valence-corrected chi connectivity index (χ3v) is 3.67. The predicted molar refractivity (Wildman–Crippen MR) is 75.3 cm³/mol. The van der Waals surface area contributed by atoms with Gasteiger partial charge in [0.25, 0.3) is 5.56 Å². The molecule has 0 radical (unpaired) electrons. The molecule has 2 aromatic carbocycles. The average molecular weight is 259 g/mol. The molecule has 1 aliphatic heterocycles. The zero-order chi connectivity index (χ0) is 13.7. The third-order valence-electron chi connectivity index (χ3n) is 3.67. The SMILES string of the molecule is N#Cc1ccc2c(=O)n3c(nc2c1)-c1ccccc1C3. The van der Waals surface area contributed by atoms with Gasteiger partial charge in [-0.1, -0.05) is 24.3 Å². The standard InChI is InChI=1S/C16H9N3O/c17-8-10-5-6-13-14(7-10)18-15-12-4-2-1-3-11(12)9-19(15)16(13)20/h1-7H,9H2. The molecule has 4 heteroatoms. The minimum Gasteiger partial charge on any atom is -0.288 e. The van der Waals surface area contributed by atoms with E-state index >= 15 is 0 Å². The number of benzene rings is 2. The molecule has 0 fully saturated rings. The summed E-state index contributed by atoms with van der Waals surface area (Å²) in [5, 5.41) is 9.51. The first-order chi connectivity index (χ1) is 9.78. The van der Waals surface area contributed by atoms with Gasteiger partial charge in [0.2, 0.25) is 0 Å². The molecule has 94 valence electrons. The van der Waals surface area contributed by atoms with Crippen molar-refractivity contribution in [3.8, 4) is 17.5 Å². The molecule has 0 saturated heterocycles. The number of fused-ring (bicyclic) bond motifs is 4. The molecule has 0 saturated carbocycles. The van der Waals surface area contributed by atoms with Crippen LogP contribution in [0.5, 0.6) is 0 Å². The molecule has 0 atom stereocenters. The van der Waals surface area contributed by atoms with Gasteiger partial charge < -0.3 is 0 Å². The van der Waals surface area contributed by atoms with E-state index in [1.807, 2.05) is 24.3 Å². The lowest BCUT2D eigenvalue weighted by atomic mass is 10.1. The van der Waals surface area contributed by atoms with Crippen molar-refractivity contribution in [3.05, 3.63) is 63.9 Å². The molecule has 0 spiro atoms. The Hall–Kier alpha value is -2.93. The van der Waals surface area contributed by atoms with Crippen LogP contribution in [0, 0.1) is 11.3 Å². The second-order valence-electron chi connectivity index (χ2n) is 4.83. The minimum atomic E-state index is -0.0503. The average Bonchev–Trinajstić information content (AvgIpc) is 2.86. The van der Waals surface area contributed by atoms with Gasteiger partial charge in [0, 0.05) is 5.56 Å². The van der Waals surface area contributed by atoms with Gasteiger partial charge in [-0.3, -0.25) is 9.36 Å². The highest BCUT2D eigenvalue weighted by Gasteiger charge is 2.21. The molecular formula is C16H9N3O. The fourth-order valence-corrected chi connectivity index (χ4v) is 2.69. The van der Waals surface area contributed by atoms with Crippen molar-refractivity contribution in [2.24, 2.45) is 0 Å². The van der Waals surface area contributed by atoms with E-state index in [0.29, 0.717) is 28.8 Å². The van der Waals surface area contributed by atoms with Crippen molar-refractivity contribution in [2.45, 2.75) is 6.54 Å². The van der Waals surface area contributed by atoms with E-state index in [0.717, 1.165) is 11.1 Å². The first-order valence-electron chi connectivity index (χ1n) is 6.31. The van der Waals surface area contributed by atoms with Crippen LogP contribution in [0.4, 0.5) is 0 Å². The Balaban J connectivity index is 2.12. The molecule has 4 nitrogen and oxygen atoms in total. The second kappa shape index (κ2) is 3.78. The van der Waals surface area contributed by atoms with Crippen molar-refractivity contribution in [3.63, 3.8) is 0 Å². The lowest BCUT2D eigenvalue weighted by molar-refractivity contribution is 0.797. The van der Waals surface area contributed by atoms with Crippen LogP contribution in [0.1, 0.15) is 11.1 Å². The topological polar surface area (TPSA) is 58.7 Å². The van der Waals surface area contributed by atoms with E-state index in [9.17, 15) is 4.79 Å². The van der Waals surface area contributed by atoms with Crippen LogP contribution in [0.3, 0.4) is 0 Å². The molecule has 0 unspecified atom stereocenters. The molecule has 0 N–H and O–H groups in total. The fraction of sp³-hybridized carbons (Fsp3) is 0.0625. The highest BCUT2D eigenvalue weighted by atomic mass is 16.1. The van der Waals surface area contributed by atoms with Gasteiger partial charge in [-0.2, -0.15) is 5.26 Å². The first-order valence-corrected chi connectivity index (χ1v) is 6.31. The van der Waals surface area contributed by atoms with Crippen LogP contribution in [0.25, 0.3) is 22.3 Å². The summed E-state index contributed by atoms with van der Waals surface area (Å²) in [6, 6.07) is 15.0. The van der Waals surface area contributed by atoms with Gasteiger partial charge in [0.1, 0.15) is 5.82 Å². The Kier molecular flexibility index (Phi) is 2.07. The molecule has 1 aliphatic rings. The van der Waals surface area contributed by atoms with Crippen LogP contribution < -0.4 is 5.56 Å². The van der Waals surface area contributed by atoms with Crippen molar-refractivity contribution < 1.29 is 0 Å². The summed E-state index contributed by atoms with van der Waals surface area (Å²) < 4.78 is 1.69. The van der Waals surface area contributed by atoms with Gasteiger partial charge >= 0.3 is 0 Å². The highest BCUT2D eigenvalue weighted by molar-refractivity contribution is 5.82. The summed E-state index contributed by atoms with van der Waals surface area (Å²) in [6.45, 7) is 0.563. The summed E-state index contributed by atoms with van der Waals surface area (Å²) in [5.41, 5.74) is 3.14. The zero-order valence-electron chi connectivity index (χ0n) is 10.5. The summed E-state index contributed by atoms with van der Waals surface area (Å²) in [5.74, 6) is 0.688. The molecule has 0 amide bonds. The minimum absolute atomic E-state index is 0.0503. The Morgan fingerprint density at radius 3 is 2.90 bits per heavy atom. The number of nitriles is 1. The van der Waals surface area contributed by atoms with Crippen LogP contribution in [0.2, 0.25) is 0 Å². The highest BCUT2D eigenvalue weighted by Crippen LogP contribution is 2.29. The lowest BCUT2D eigenvalue weighted by Gasteiger charge is -2.05. The summed E-state index contributed by atoms with van der Waals surface area (Å²) >= 11 is 0. The number of hydrogen-bond donors (Lipinski definition) is 0. The number of aromatic nitrogens is 2. The summed E-state index contributed by atoms with van der Waals surface area (Å²) in [6.07, 6.45) is 0. The Bertz CT molecular complexity index is 964. The maximum atomic E-state index is 12.5. The van der Waals surface area contributed by atoms with Crippen LogP contribution in [-0.4, -0.2) is 9.55 Å². The first kappa shape index (κ1) is 10.9. The van der Waals surface area contributed by atoms with E-state index in [-0.39, 0.29) is 5.56 Å². The molecule has 0 bridgehead atoms. The second-order valence-corrected chi connectivity index (χ2v) is 4.83. The Morgan fingerprint density at radius 2 is 2.05 bits per heavy atom. The van der Waals surface area contributed by atoms with Gasteiger partial charge in [0.15, 0.2) is 0 Å². The van der Waals surface area contributed by atoms with Gasteiger partial charge in [0.05, 0.1) is 29.1 Å². The number of hydrogen-bond acceptors (Lipinski definition) is 3. The molecule has 4 rings (SSSR count). The van der Waals surface area contributed by atoms with Crippen molar-refractivity contribution in [1.82, 2.24) is 9.55 Å². The summed E-state index contributed by atoms with van der Waals surface area (Å²) in [4.78, 5) is 17.1. The monoisotopic (exact) mass is 259 g/mol. The van der Waals surface area contributed by atoms with E-state index in [4.69, 9.17) is 5.26 Å². The molecule has 1 aromatic heterocycles. The third kappa shape index (κ3) is 1.35. The molecule has 20 heavy (non-hydrogen) atoms. The smallest absolute Gasteiger partial charge is 0.261 e. The quantitative estimate of drug-likeness (QED) is 0.487. The van der Waals surface area contributed by atoms with Crippen LogP contribution >= 0.6 is 0 Å².